The zero-order chi connectivity index (χ0) is 14.5. The molecule has 19 heavy (non-hydrogen) atoms. The van der Waals surface area contributed by atoms with Crippen LogP contribution in [-0.4, -0.2) is 38.7 Å². The van der Waals surface area contributed by atoms with Crippen LogP contribution < -0.4 is 10.1 Å². The van der Waals surface area contributed by atoms with Crippen LogP contribution in [0.3, 0.4) is 0 Å². The maximum absolute atomic E-state index is 5.26. The molecule has 0 spiro atoms. The molecule has 1 N–H and O–H groups in total. The summed E-state index contributed by atoms with van der Waals surface area (Å²) in [6.07, 6.45) is 0. The van der Waals surface area contributed by atoms with Crippen LogP contribution in [0.15, 0.2) is 24.3 Å². The average molecular weight is 264 g/mol. The molecule has 0 saturated heterocycles. The summed E-state index contributed by atoms with van der Waals surface area (Å²) in [6.45, 7) is 8.83. The normalized spacial score (nSPS) is 13.6. The Morgan fingerprint density at radius 3 is 2.63 bits per heavy atom. The van der Waals surface area contributed by atoms with Gasteiger partial charge in [0.05, 0.1) is 7.11 Å². The molecule has 1 aromatic carbocycles. The number of nitrogens with zero attached hydrogens (tertiary/aromatic N) is 1. The molecular weight excluding hydrogens is 236 g/mol. The van der Waals surface area contributed by atoms with Gasteiger partial charge in [-0.3, -0.25) is 0 Å². The number of rotatable bonds is 7. The summed E-state index contributed by atoms with van der Waals surface area (Å²) in [4.78, 5) is 2.36. The van der Waals surface area contributed by atoms with Crippen molar-refractivity contribution in [3.63, 3.8) is 0 Å². The third-order valence-corrected chi connectivity index (χ3v) is 3.87. The quantitative estimate of drug-likeness (QED) is 0.819. The highest BCUT2D eigenvalue weighted by Gasteiger charge is 2.26. The van der Waals surface area contributed by atoms with Gasteiger partial charge in [-0.05, 0) is 44.1 Å². The second kappa shape index (κ2) is 6.92. The van der Waals surface area contributed by atoms with Gasteiger partial charge < -0.3 is 15.0 Å². The number of hydrogen-bond acceptors (Lipinski definition) is 3. The predicted molar refractivity (Wildman–Crippen MR) is 81.6 cm³/mol. The third-order valence-electron chi connectivity index (χ3n) is 3.87. The number of methoxy groups -OCH3 is 1. The van der Waals surface area contributed by atoms with Crippen LogP contribution >= 0.6 is 0 Å². The van der Waals surface area contributed by atoms with Crippen LogP contribution in [0.1, 0.15) is 26.3 Å². The smallest absolute Gasteiger partial charge is 0.119 e. The molecule has 1 rings (SSSR count). The van der Waals surface area contributed by atoms with Crippen molar-refractivity contribution in [1.29, 1.82) is 0 Å². The topological polar surface area (TPSA) is 24.5 Å². The van der Waals surface area contributed by atoms with E-state index in [1.165, 1.54) is 5.56 Å². The summed E-state index contributed by atoms with van der Waals surface area (Å²) < 4.78 is 5.26. The van der Waals surface area contributed by atoms with E-state index in [0.29, 0.717) is 6.04 Å². The van der Waals surface area contributed by atoms with Crippen molar-refractivity contribution in [2.24, 2.45) is 5.41 Å². The molecular formula is C16H28N2O. The molecule has 108 valence electrons. The minimum atomic E-state index is 0.238. The van der Waals surface area contributed by atoms with Gasteiger partial charge in [0.15, 0.2) is 0 Å². The minimum Gasteiger partial charge on any atom is -0.497 e. The Balaban J connectivity index is 2.61. The third kappa shape index (κ3) is 4.84. The Morgan fingerprint density at radius 2 is 2.05 bits per heavy atom. The SMILES string of the molecule is CNC(C)C(C)(C)CN(C)Cc1cccc(OC)c1. The molecule has 0 radical (unpaired) electrons. The van der Waals surface area contributed by atoms with Gasteiger partial charge in [-0.25, -0.2) is 0 Å². The zero-order valence-corrected chi connectivity index (χ0v) is 13.2. The first-order valence-electron chi connectivity index (χ1n) is 6.88. The highest BCUT2D eigenvalue weighted by Crippen LogP contribution is 2.22. The minimum absolute atomic E-state index is 0.238. The van der Waals surface area contributed by atoms with E-state index in [0.717, 1.165) is 18.8 Å². The lowest BCUT2D eigenvalue weighted by Gasteiger charge is -2.35. The van der Waals surface area contributed by atoms with Crippen LogP contribution in [-0.2, 0) is 6.54 Å². The Kier molecular flexibility index (Phi) is 5.83. The molecule has 0 aliphatic carbocycles. The van der Waals surface area contributed by atoms with Crippen LogP contribution in [0, 0.1) is 5.41 Å². The molecule has 0 fully saturated rings. The van der Waals surface area contributed by atoms with E-state index in [2.05, 4.69) is 50.2 Å². The molecule has 1 aromatic rings. The number of ether oxygens (including phenoxy) is 1. The standard InChI is InChI=1S/C16H28N2O/c1-13(17-4)16(2,3)12-18(5)11-14-8-7-9-15(10-14)19-6/h7-10,13,17H,11-12H2,1-6H3. The predicted octanol–water partition coefficient (Wildman–Crippen LogP) is 2.76. The first-order chi connectivity index (χ1) is 8.89. The second-order valence-corrected chi connectivity index (χ2v) is 6.02. The Labute approximate surface area is 118 Å². The highest BCUT2D eigenvalue weighted by atomic mass is 16.5. The van der Waals surface area contributed by atoms with Crippen LogP contribution in [0.25, 0.3) is 0 Å². The van der Waals surface area contributed by atoms with E-state index in [-0.39, 0.29) is 5.41 Å². The summed E-state index contributed by atoms with van der Waals surface area (Å²) in [5.41, 5.74) is 1.53. The fourth-order valence-corrected chi connectivity index (χ4v) is 2.36. The zero-order valence-electron chi connectivity index (χ0n) is 13.2. The van der Waals surface area contributed by atoms with Crippen molar-refractivity contribution in [2.75, 3.05) is 27.7 Å². The molecule has 1 unspecified atom stereocenters. The van der Waals surface area contributed by atoms with Crippen molar-refractivity contribution in [1.82, 2.24) is 10.2 Å². The maximum atomic E-state index is 5.26. The van der Waals surface area contributed by atoms with E-state index in [4.69, 9.17) is 4.74 Å². The van der Waals surface area contributed by atoms with Gasteiger partial charge in [0.25, 0.3) is 0 Å². The number of benzene rings is 1. The Bertz CT molecular complexity index is 390. The average Bonchev–Trinajstić information content (AvgIpc) is 2.37. The molecule has 0 heterocycles. The highest BCUT2D eigenvalue weighted by molar-refractivity contribution is 5.28. The molecule has 0 bridgehead atoms. The largest absolute Gasteiger partial charge is 0.497 e. The van der Waals surface area contributed by atoms with Gasteiger partial charge in [-0.2, -0.15) is 0 Å². The molecule has 3 nitrogen and oxygen atoms in total. The summed E-state index contributed by atoms with van der Waals surface area (Å²) in [5, 5.41) is 3.35. The molecule has 3 heteroatoms. The molecule has 0 aromatic heterocycles. The Hall–Kier alpha value is -1.06. The fourth-order valence-electron chi connectivity index (χ4n) is 2.36. The van der Waals surface area contributed by atoms with Crippen molar-refractivity contribution >= 4 is 0 Å². The van der Waals surface area contributed by atoms with Crippen LogP contribution in [0.5, 0.6) is 5.75 Å². The van der Waals surface area contributed by atoms with Crippen molar-refractivity contribution < 1.29 is 4.74 Å². The van der Waals surface area contributed by atoms with Crippen molar-refractivity contribution in [3.8, 4) is 5.75 Å². The van der Waals surface area contributed by atoms with E-state index in [1.807, 2.05) is 19.2 Å². The number of hydrogen-bond donors (Lipinski definition) is 1. The lowest BCUT2D eigenvalue weighted by atomic mass is 9.85. The van der Waals surface area contributed by atoms with E-state index in [1.54, 1.807) is 7.11 Å². The monoisotopic (exact) mass is 264 g/mol. The molecule has 0 saturated carbocycles. The van der Waals surface area contributed by atoms with Gasteiger partial charge in [0.2, 0.25) is 0 Å². The van der Waals surface area contributed by atoms with Crippen molar-refractivity contribution in [2.45, 2.75) is 33.4 Å². The van der Waals surface area contributed by atoms with Crippen LogP contribution in [0.4, 0.5) is 0 Å². The fraction of sp³-hybridized carbons (Fsp3) is 0.625. The molecule has 0 aliphatic heterocycles. The van der Waals surface area contributed by atoms with Crippen molar-refractivity contribution in [3.05, 3.63) is 29.8 Å². The summed E-state index contributed by atoms with van der Waals surface area (Å²) in [6, 6.07) is 8.76. The molecule has 1 atom stereocenters. The maximum Gasteiger partial charge on any atom is 0.119 e. The lowest BCUT2D eigenvalue weighted by molar-refractivity contribution is 0.164. The van der Waals surface area contributed by atoms with Gasteiger partial charge in [0.1, 0.15) is 5.75 Å². The lowest BCUT2D eigenvalue weighted by Crippen LogP contribution is -2.44. The van der Waals surface area contributed by atoms with Crippen LogP contribution in [0.2, 0.25) is 0 Å². The van der Waals surface area contributed by atoms with E-state index >= 15 is 0 Å². The van der Waals surface area contributed by atoms with E-state index < -0.39 is 0 Å². The van der Waals surface area contributed by atoms with Gasteiger partial charge in [0, 0.05) is 19.1 Å². The van der Waals surface area contributed by atoms with Gasteiger partial charge in [-0.15, -0.1) is 0 Å². The number of nitrogens with one attached hydrogen (secondary N) is 1. The second-order valence-electron chi connectivity index (χ2n) is 6.02. The summed E-state index contributed by atoms with van der Waals surface area (Å²) in [7, 11) is 5.90. The van der Waals surface area contributed by atoms with Gasteiger partial charge in [-0.1, -0.05) is 26.0 Å². The molecule has 0 amide bonds. The molecule has 0 aliphatic rings. The van der Waals surface area contributed by atoms with Gasteiger partial charge >= 0.3 is 0 Å². The first kappa shape index (κ1) is 16.0. The first-order valence-corrected chi connectivity index (χ1v) is 6.88. The summed E-state index contributed by atoms with van der Waals surface area (Å²) in [5.74, 6) is 0.925. The Morgan fingerprint density at radius 1 is 1.37 bits per heavy atom. The summed E-state index contributed by atoms with van der Waals surface area (Å²) >= 11 is 0. The van der Waals surface area contributed by atoms with E-state index in [9.17, 15) is 0 Å².